The fourth-order valence-corrected chi connectivity index (χ4v) is 3.57. The van der Waals surface area contributed by atoms with E-state index in [1.54, 1.807) is 6.92 Å². The van der Waals surface area contributed by atoms with E-state index in [4.69, 9.17) is 0 Å². The lowest BCUT2D eigenvalue weighted by molar-refractivity contribution is -0.385. The van der Waals surface area contributed by atoms with Crippen molar-refractivity contribution in [1.82, 2.24) is 4.31 Å². The lowest BCUT2D eigenvalue weighted by atomic mass is 10.2. The predicted octanol–water partition coefficient (Wildman–Crippen LogP) is 1.92. The molecule has 0 atom stereocenters. The van der Waals surface area contributed by atoms with Crippen molar-refractivity contribution in [3.05, 3.63) is 33.9 Å². The minimum Gasteiger partial charge on any atom is -0.258 e. The number of aryl methyl sites for hydroxylation is 1. The highest BCUT2D eigenvalue weighted by Gasteiger charge is 2.24. The molecule has 0 heterocycles. The minimum absolute atomic E-state index is 0.0276. The van der Waals surface area contributed by atoms with Crippen LogP contribution in [0.25, 0.3) is 0 Å². The molecule has 18 heavy (non-hydrogen) atoms. The Bertz CT molecular complexity index is 559. The van der Waals surface area contributed by atoms with E-state index in [0.29, 0.717) is 17.4 Å². The molecule has 1 aromatic rings. The van der Waals surface area contributed by atoms with Crippen molar-refractivity contribution < 1.29 is 13.3 Å². The smallest absolute Gasteiger partial charge is 0.258 e. The van der Waals surface area contributed by atoms with E-state index in [2.05, 4.69) is 15.9 Å². The monoisotopic (exact) mass is 336 g/mol. The summed E-state index contributed by atoms with van der Waals surface area (Å²) < 4.78 is 25.6. The van der Waals surface area contributed by atoms with E-state index in [0.717, 1.165) is 10.4 Å². The first-order valence-corrected chi connectivity index (χ1v) is 7.64. The molecule has 0 N–H and O–H groups in total. The van der Waals surface area contributed by atoms with Gasteiger partial charge in [0, 0.05) is 31.1 Å². The van der Waals surface area contributed by atoms with Crippen molar-refractivity contribution in [1.29, 1.82) is 0 Å². The Hall–Kier alpha value is -0.990. The van der Waals surface area contributed by atoms with Gasteiger partial charge in [0.1, 0.15) is 0 Å². The quantitative estimate of drug-likeness (QED) is 0.467. The number of nitro groups is 1. The number of rotatable bonds is 5. The van der Waals surface area contributed by atoms with Crippen LogP contribution in [0.1, 0.15) is 5.56 Å². The van der Waals surface area contributed by atoms with E-state index in [-0.39, 0.29) is 10.6 Å². The molecular weight excluding hydrogens is 324 g/mol. The predicted molar refractivity (Wildman–Crippen MR) is 71.4 cm³/mol. The summed E-state index contributed by atoms with van der Waals surface area (Å²) in [6.07, 6.45) is 0. The number of hydrogen-bond donors (Lipinski definition) is 0. The second-order valence-electron chi connectivity index (χ2n) is 3.72. The summed E-state index contributed by atoms with van der Waals surface area (Å²) in [6, 6.07) is 3.82. The Kier molecular flexibility index (Phi) is 4.83. The molecule has 0 spiro atoms. The maximum absolute atomic E-state index is 12.2. The first-order chi connectivity index (χ1) is 8.30. The van der Waals surface area contributed by atoms with E-state index >= 15 is 0 Å². The number of benzene rings is 1. The fraction of sp³-hybridized carbons (Fsp3) is 0.400. The van der Waals surface area contributed by atoms with Gasteiger partial charge in [0.25, 0.3) is 5.69 Å². The van der Waals surface area contributed by atoms with Gasteiger partial charge in [-0.3, -0.25) is 10.1 Å². The molecule has 0 amide bonds. The van der Waals surface area contributed by atoms with Crippen LogP contribution in [0, 0.1) is 17.0 Å². The number of nitro benzene ring substituents is 1. The molecule has 1 aromatic carbocycles. The second-order valence-corrected chi connectivity index (χ2v) is 6.53. The molecule has 0 aromatic heterocycles. The zero-order chi connectivity index (χ0) is 13.9. The van der Waals surface area contributed by atoms with Crippen molar-refractivity contribution in [3.8, 4) is 0 Å². The van der Waals surface area contributed by atoms with Crippen LogP contribution in [0.3, 0.4) is 0 Å². The number of alkyl halides is 1. The Labute approximate surface area is 114 Å². The standard InChI is InChI=1S/C10H13BrN2O4S/c1-8-3-4-9(13(14)15)7-10(8)18(16,17)12(2)6-5-11/h3-4,7H,5-6H2,1-2H3. The molecule has 0 saturated carbocycles. The molecule has 0 radical (unpaired) electrons. The third kappa shape index (κ3) is 3.06. The summed E-state index contributed by atoms with van der Waals surface area (Å²) in [5.74, 6) is 0. The van der Waals surface area contributed by atoms with Gasteiger partial charge in [0.2, 0.25) is 10.0 Å². The molecule has 0 aliphatic carbocycles. The normalized spacial score (nSPS) is 11.8. The minimum atomic E-state index is -3.69. The van der Waals surface area contributed by atoms with Gasteiger partial charge in [-0.2, -0.15) is 0 Å². The summed E-state index contributed by atoms with van der Waals surface area (Å²) in [5.41, 5.74) is 0.258. The highest BCUT2D eigenvalue weighted by molar-refractivity contribution is 9.09. The SMILES string of the molecule is Cc1ccc([N+](=O)[O-])cc1S(=O)(=O)N(C)CCBr. The summed E-state index contributed by atoms with van der Waals surface area (Å²) in [7, 11) is -2.25. The van der Waals surface area contributed by atoms with Crippen molar-refractivity contribution in [2.45, 2.75) is 11.8 Å². The molecule has 0 aliphatic heterocycles. The van der Waals surface area contributed by atoms with Crippen LogP contribution >= 0.6 is 15.9 Å². The lowest BCUT2D eigenvalue weighted by Crippen LogP contribution is -2.29. The van der Waals surface area contributed by atoms with Crippen LogP contribution in [-0.2, 0) is 10.0 Å². The molecule has 6 nitrogen and oxygen atoms in total. The van der Waals surface area contributed by atoms with Crippen LogP contribution in [0.15, 0.2) is 23.1 Å². The van der Waals surface area contributed by atoms with Crippen molar-refractivity contribution in [2.75, 3.05) is 18.9 Å². The summed E-state index contributed by atoms with van der Waals surface area (Å²) >= 11 is 3.16. The first kappa shape index (κ1) is 15.1. The molecule has 100 valence electrons. The topological polar surface area (TPSA) is 80.5 Å². The number of sulfonamides is 1. The largest absolute Gasteiger partial charge is 0.270 e. The third-order valence-electron chi connectivity index (χ3n) is 2.47. The number of non-ortho nitro benzene ring substituents is 1. The van der Waals surface area contributed by atoms with Crippen molar-refractivity contribution >= 4 is 31.6 Å². The summed E-state index contributed by atoms with van der Waals surface area (Å²) in [6.45, 7) is 1.91. The average Bonchev–Trinajstić information content (AvgIpc) is 2.29. The number of halogens is 1. The molecule has 8 heteroatoms. The number of hydrogen-bond acceptors (Lipinski definition) is 4. The Morgan fingerprint density at radius 3 is 2.56 bits per heavy atom. The lowest BCUT2D eigenvalue weighted by Gasteiger charge is -2.17. The molecule has 0 unspecified atom stereocenters. The van der Waals surface area contributed by atoms with Gasteiger partial charge in [-0.1, -0.05) is 22.0 Å². The van der Waals surface area contributed by atoms with Gasteiger partial charge in [-0.05, 0) is 12.5 Å². The third-order valence-corrected chi connectivity index (χ3v) is 4.82. The van der Waals surface area contributed by atoms with Crippen molar-refractivity contribution in [3.63, 3.8) is 0 Å². The summed E-state index contributed by atoms with van der Waals surface area (Å²) in [4.78, 5) is 10.0. The van der Waals surface area contributed by atoms with Gasteiger partial charge in [0.05, 0.1) is 9.82 Å². The number of nitrogens with zero attached hydrogens (tertiary/aromatic N) is 2. The maximum Gasteiger partial charge on any atom is 0.270 e. The highest BCUT2D eigenvalue weighted by atomic mass is 79.9. The first-order valence-electron chi connectivity index (χ1n) is 5.08. The average molecular weight is 337 g/mol. The zero-order valence-corrected chi connectivity index (χ0v) is 12.4. The van der Waals surface area contributed by atoms with Crippen LogP contribution in [-0.4, -0.2) is 36.6 Å². The molecular formula is C10H13BrN2O4S. The Balaban J connectivity index is 3.31. The van der Waals surface area contributed by atoms with Crippen LogP contribution in [0.4, 0.5) is 5.69 Å². The molecule has 0 aliphatic rings. The second kappa shape index (κ2) is 5.77. The Morgan fingerprint density at radius 2 is 2.06 bits per heavy atom. The van der Waals surface area contributed by atoms with E-state index in [9.17, 15) is 18.5 Å². The van der Waals surface area contributed by atoms with Crippen molar-refractivity contribution in [2.24, 2.45) is 0 Å². The van der Waals surface area contributed by atoms with E-state index in [1.807, 2.05) is 0 Å². The van der Waals surface area contributed by atoms with E-state index < -0.39 is 14.9 Å². The van der Waals surface area contributed by atoms with Gasteiger partial charge in [0.15, 0.2) is 0 Å². The molecule has 1 rings (SSSR count). The van der Waals surface area contributed by atoms with Crippen LogP contribution < -0.4 is 0 Å². The van der Waals surface area contributed by atoms with Gasteiger partial charge < -0.3 is 0 Å². The molecule has 0 fully saturated rings. The molecule has 0 bridgehead atoms. The van der Waals surface area contributed by atoms with E-state index in [1.165, 1.54) is 19.2 Å². The van der Waals surface area contributed by atoms with Crippen LogP contribution in [0.2, 0.25) is 0 Å². The fourth-order valence-electron chi connectivity index (χ4n) is 1.39. The van der Waals surface area contributed by atoms with Gasteiger partial charge >= 0.3 is 0 Å². The zero-order valence-electron chi connectivity index (χ0n) is 9.96. The Morgan fingerprint density at radius 1 is 1.44 bits per heavy atom. The maximum atomic E-state index is 12.2. The van der Waals surface area contributed by atoms with Crippen LogP contribution in [0.5, 0.6) is 0 Å². The summed E-state index contributed by atoms with van der Waals surface area (Å²) in [5, 5.41) is 11.2. The highest BCUT2D eigenvalue weighted by Crippen LogP contribution is 2.24. The molecule has 0 saturated heterocycles. The van der Waals surface area contributed by atoms with Gasteiger partial charge in [-0.25, -0.2) is 12.7 Å². The van der Waals surface area contributed by atoms with Gasteiger partial charge in [-0.15, -0.1) is 0 Å².